The van der Waals surface area contributed by atoms with Gasteiger partial charge in [-0.2, -0.15) is 5.26 Å². The number of amides is 1. The number of hydrogen-bond donors (Lipinski definition) is 2. The van der Waals surface area contributed by atoms with Gasteiger partial charge in [0, 0.05) is 38.7 Å². The lowest BCUT2D eigenvalue weighted by atomic mass is 10.1. The summed E-state index contributed by atoms with van der Waals surface area (Å²) >= 11 is 0. The number of pyridine rings is 1. The Morgan fingerprint density at radius 2 is 2.25 bits per heavy atom. The minimum atomic E-state index is -0.367. The molecule has 1 amide bonds. The van der Waals surface area contributed by atoms with E-state index in [0.717, 1.165) is 0 Å². The van der Waals surface area contributed by atoms with Gasteiger partial charge in [-0.1, -0.05) is 18.7 Å². The number of hydrogen-bond acceptors (Lipinski definition) is 7. The Balaban J connectivity index is 1.63. The minimum absolute atomic E-state index is 0.104. The average Bonchev–Trinajstić information content (AvgIpc) is 2.81. The van der Waals surface area contributed by atoms with Gasteiger partial charge < -0.3 is 19.9 Å². The van der Waals surface area contributed by atoms with E-state index in [2.05, 4.69) is 21.5 Å². The van der Waals surface area contributed by atoms with Gasteiger partial charge in [-0.3, -0.25) is 9.59 Å². The lowest BCUT2D eigenvalue weighted by Crippen LogP contribution is -2.57. The van der Waals surface area contributed by atoms with Crippen molar-refractivity contribution in [3.05, 3.63) is 70.1 Å². The molecule has 1 unspecified atom stereocenters. The fourth-order valence-electron chi connectivity index (χ4n) is 3.69. The lowest BCUT2D eigenvalue weighted by Gasteiger charge is -2.41. The number of carbonyl (C=O) groups is 1. The zero-order chi connectivity index (χ0) is 23.1. The van der Waals surface area contributed by atoms with E-state index < -0.39 is 0 Å². The van der Waals surface area contributed by atoms with Gasteiger partial charge in [0.25, 0.3) is 5.56 Å². The summed E-state index contributed by atoms with van der Waals surface area (Å²) in [4.78, 5) is 40.2. The summed E-state index contributed by atoms with van der Waals surface area (Å²) in [5.74, 6) is 1.06. The topological polar surface area (TPSA) is 126 Å². The number of H-pyrrole nitrogens is 1. The van der Waals surface area contributed by atoms with Crippen molar-refractivity contribution in [3.8, 4) is 6.07 Å². The first-order valence-corrected chi connectivity index (χ1v) is 10.4. The summed E-state index contributed by atoms with van der Waals surface area (Å²) in [5.41, 5.74) is 1.28. The first-order chi connectivity index (χ1) is 15.5. The van der Waals surface area contributed by atoms with E-state index in [4.69, 9.17) is 5.26 Å². The normalized spacial score (nSPS) is 16.2. The van der Waals surface area contributed by atoms with Crippen LogP contribution in [-0.4, -0.2) is 63.1 Å². The molecule has 9 nitrogen and oxygen atoms in total. The van der Waals surface area contributed by atoms with Crippen molar-refractivity contribution in [2.45, 2.75) is 25.8 Å². The number of nitrogens with one attached hydrogen (secondary N) is 1. The number of carbonyl (C=O) groups excluding carboxylic acids is 1. The predicted molar refractivity (Wildman–Crippen MR) is 121 cm³/mol. The van der Waals surface area contributed by atoms with Crippen LogP contribution < -0.4 is 10.5 Å². The quantitative estimate of drug-likeness (QED) is 0.627. The molecule has 1 saturated heterocycles. The Hall–Kier alpha value is -3.77. The molecule has 1 aliphatic rings. The fourth-order valence-corrected chi connectivity index (χ4v) is 3.69. The van der Waals surface area contributed by atoms with Gasteiger partial charge in [0.15, 0.2) is 0 Å². The minimum Gasteiger partial charge on any atom is -0.394 e. The van der Waals surface area contributed by atoms with Crippen LogP contribution in [-0.2, 0) is 11.2 Å². The molecular weight excluding hydrogens is 408 g/mol. The first kappa shape index (κ1) is 22.9. The second-order valence-electron chi connectivity index (χ2n) is 7.49. The Bertz CT molecular complexity index is 1100. The summed E-state index contributed by atoms with van der Waals surface area (Å²) in [7, 11) is 0. The van der Waals surface area contributed by atoms with Gasteiger partial charge in [-0.15, -0.1) is 0 Å². The van der Waals surface area contributed by atoms with E-state index in [1.165, 1.54) is 6.20 Å². The highest BCUT2D eigenvalue weighted by Gasteiger charge is 2.30. The number of aryl methyl sites for hydroxylation is 2. The number of anilines is 1. The maximum Gasteiger partial charge on any atom is 0.258 e. The first-order valence-electron chi connectivity index (χ1n) is 10.4. The van der Waals surface area contributed by atoms with Crippen LogP contribution in [0, 0.1) is 18.3 Å². The SMILES string of the molecule is C=C/C=C\c1c(C)nc(CCC(=O)N2CCN(c3ccc(C#N)cn3)CC2CO)[nH]c1=O. The Morgan fingerprint density at radius 3 is 2.88 bits per heavy atom. The third kappa shape index (κ3) is 5.28. The molecule has 0 spiro atoms. The smallest absolute Gasteiger partial charge is 0.258 e. The van der Waals surface area contributed by atoms with Crippen molar-refractivity contribution in [1.82, 2.24) is 19.9 Å². The second kappa shape index (κ2) is 10.5. The number of aromatic amines is 1. The molecule has 9 heteroatoms. The molecular formula is C23H26N6O3. The third-order valence-electron chi connectivity index (χ3n) is 5.38. The monoisotopic (exact) mass is 434 g/mol. The summed E-state index contributed by atoms with van der Waals surface area (Å²) in [6.45, 7) is 6.63. The molecule has 2 N–H and O–H groups in total. The van der Waals surface area contributed by atoms with Gasteiger partial charge in [-0.25, -0.2) is 9.97 Å². The van der Waals surface area contributed by atoms with Crippen molar-refractivity contribution in [3.63, 3.8) is 0 Å². The molecule has 32 heavy (non-hydrogen) atoms. The van der Waals surface area contributed by atoms with Gasteiger partial charge in [-0.05, 0) is 25.1 Å². The summed E-state index contributed by atoms with van der Waals surface area (Å²) in [6.07, 6.45) is 6.89. The maximum absolute atomic E-state index is 12.8. The summed E-state index contributed by atoms with van der Waals surface area (Å²) in [6, 6.07) is 5.13. The number of nitrogens with zero attached hydrogens (tertiary/aromatic N) is 5. The van der Waals surface area contributed by atoms with Crippen LogP contribution in [0.2, 0.25) is 0 Å². The van der Waals surface area contributed by atoms with Crippen LogP contribution in [0.5, 0.6) is 0 Å². The molecule has 0 bridgehead atoms. The lowest BCUT2D eigenvalue weighted by molar-refractivity contribution is -0.134. The molecule has 1 atom stereocenters. The van der Waals surface area contributed by atoms with Crippen molar-refractivity contribution >= 4 is 17.8 Å². The van der Waals surface area contributed by atoms with E-state index in [9.17, 15) is 14.7 Å². The van der Waals surface area contributed by atoms with Crippen molar-refractivity contribution in [2.24, 2.45) is 0 Å². The van der Waals surface area contributed by atoms with E-state index in [-0.39, 0.29) is 30.5 Å². The Labute approximate surface area is 186 Å². The van der Waals surface area contributed by atoms with Crippen LogP contribution in [0.3, 0.4) is 0 Å². The molecule has 3 rings (SSSR count). The van der Waals surface area contributed by atoms with Gasteiger partial charge in [0.2, 0.25) is 5.91 Å². The summed E-state index contributed by atoms with van der Waals surface area (Å²) in [5, 5.41) is 18.8. The van der Waals surface area contributed by atoms with Crippen LogP contribution in [0.15, 0.2) is 41.9 Å². The van der Waals surface area contributed by atoms with Gasteiger partial charge >= 0.3 is 0 Å². The number of piperazine rings is 1. The van der Waals surface area contributed by atoms with Crippen LogP contribution in [0.1, 0.15) is 29.1 Å². The second-order valence-corrected chi connectivity index (χ2v) is 7.49. The molecule has 0 radical (unpaired) electrons. The third-order valence-corrected chi connectivity index (χ3v) is 5.38. The van der Waals surface area contributed by atoms with E-state index >= 15 is 0 Å². The highest BCUT2D eigenvalue weighted by molar-refractivity contribution is 5.77. The number of aromatic nitrogens is 3. The van der Waals surface area contributed by atoms with Crippen molar-refractivity contribution < 1.29 is 9.90 Å². The van der Waals surface area contributed by atoms with Crippen LogP contribution in [0.25, 0.3) is 6.08 Å². The molecule has 1 aliphatic heterocycles. The summed E-state index contributed by atoms with van der Waals surface area (Å²) < 4.78 is 0. The Morgan fingerprint density at radius 1 is 1.44 bits per heavy atom. The molecule has 3 heterocycles. The van der Waals surface area contributed by atoms with Gasteiger partial charge in [0.05, 0.1) is 29.5 Å². The molecule has 0 aliphatic carbocycles. The molecule has 0 saturated carbocycles. The molecule has 166 valence electrons. The Kier molecular flexibility index (Phi) is 7.52. The zero-order valence-electron chi connectivity index (χ0n) is 18.0. The van der Waals surface area contributed by atoms with E-state index in [0.29, 0.717) is 54.5 Å². The molecule has 1 fully saturated rings. The molecule has 2 aromatic rings. The highest BCUT2D eigenvalue weighted by Crippen LogP contribution is 2.18. The number of rotatable bonds is 7. The average molecular weight is 435 g/mol. The number of nitriles is 1. The van der Waals surface area contributed by atoms with Crippen molar-refractivity contribution in [2.75, 3.05) is 31.1 Å². The van der Waals surface area contributed by atoms with Crippen LogP contribution in [0.4, 0.5) is 5.82 Å². The highest BCUT2D eigenvalue weighted by atomic mass is 16.3. The number of aliphatic hydroxyl groups is 1. The predicted octanol–water partition coefficient (Wildman–Crippen LogP) is 1.19. The number of allylic oxidation sites excluding steroid dienone is 2. The standard InChI is InChI=1S/C23H26N6O3/c1-3-4-5-19-16(2)26-20(27-23(19)32)7-9-22(31)29-11-10-28(14-18(29)15-30)21-8-6-17(12-24)13-25-21/h3-6,8,13,18,30H,1,7,9-11,14-15H2,2H3,(H,26,27,32)/b5-4-. The molecule has 2 aromatic heterocycles. The largest absolute Gasteiger partial charge is 0.394 e. The van der Waals surface area contributed by atoms with Crippen molar-refractivity contribution in [1.29, 1.82) is 5.26 Å². The zero-order valence-corrected chi connectivity index (χ0v) is 18.0. The van der Waals surface area contributed by atoms with Crippen LogP contribution >= 0.6 is 0 Å². The fraction of sp³-hybridized carbons (Fsp3) is 0.348. The maximum atomic E-state index is 12.8. The molecule has 0 aromatic carbocycles. The van der Waals surface area contributed by atoms with Gasteiger partial charge in [0.1, 0.15) is 17.7 Å². The van der Waals surface area contributed by atoms with E-state index in [1.807, 2.05) is 11.0 Å². The number of aliphatic hydroxyl groups excluding tert-OH is 1. The van der Waals surface area contributed by atoms with E-state index in [1.54, 1.807) is 42.2 Å².